The highest BCUT2D eigenvalue weighted by molar-refractivity contribution is 7.13. The third kappa shape index (κ3) is 5.52. The Hall–Kier alpha value is -2.09. The zero-order valence-corrected chi connectivity index (χ0v) is 21.9. The number of hydrogen-bond acceptors (Lipinski definition) is 6. The smallest absolute Gasteiger partial charge is 0.248 e. The fourth-order valence-electron chi connectivity index (χ4n) is 5.72. The number of thiazole rings is 1. The molecule has 2 fully saturated rings. The first-order valence-electron chi connectivity index (χ1n) is 13.3. The van der Waals surface area contributed by atoms with Crippen molar-refractivity contribution in [3.8, 4) is 10.6 Å². The minimum absolute atomic E-state index is 0.0371. The molecule has 2 aromatic heterocycles. The number of hydrogen-bond donors (Lipinski definition) is 1. The van der Waals surface area contributed by atoms with Crippen LogP contribution < -0.4 is 5.32 Å². The summed E-state index contributed by atoms with van der Waals surface area (Å²) in [7, 11) is 0. The lowest BCUT2D eigenvalue weighted by molar-refractivity contribution is -0.118. The molecule has 35 heavy (non-hydrogen) atoms. The summed E-state index contributed by atoms with van der Waals surface area (Å²) in [5.41, 5.74) is 3.70. The monoisotopic (exact) mass is 494 g/mol. The second kappa shape index (κ2) is 10.9. The van der Waals surface area contributed by atoms with Gasteiger partial charge in [-0.05, 0) is 63.2 Å². The first-order chi connectivity index (χ1) is 17.0. The summed E-state index contributed by atoms with van der Waals surface area (Å²) in [6, 6.07) is 4.18. The topological polar surface area (TPSA) is 67.3 Å². The lowest BCUT2D eigenvalue weighted by Crippen LogP contribution is -2.43. The maximum Gasteiger partial charge on any atom is 0.248 e. The van der Waals surface area contributed by atoms with E-state index >= 15 is 0 Å². The zero-order valence-electron chi connectivity index (χ0n) is 21.1. The molecule has 2 aromatic rings. The van der Waals surface area contributed by atoms with Crippen molar-refractivity contribution in [1.82, 2.24) is 20.2 Å². The lowest BCUT2D eigenvalue weighted by Gasteiger charge is -2.37. The third-order valence-corrected chi connectivity index (χ3v) is 8.82. The number of carbonyl (C=O) groups excluding carboxylic acids is 1. The second-order valence-electron chi connectivity index (χ2n) is 10.5. The van der Waals surface area contributed by atoms with Gasteiger partial charge in [0.2, 0.25) is 5.91 Å². The predicted molar refractivity (Wildman–Crippen MR) is 140 cm³/mol. The molecular formula is C28H38N4O2S. The first kappa shape index (κ1) is 24.6. The van der Waals surface area contributed by atoms with Gasteiger partial charge in [-0.2, -0.15) is 0 Å². The summed E-state index contributed by atoms with van der Waals surface area (Å²) in [6.07, 6.45) is 13.8. The predicted octanol–water partition coefficient (Wildman–Crippen LogP) is 5.10. The SMILES string of the molecule is CCc1cc(-c2nc(C3(C)C=C(C(=O)NCC4CCCO4)CN3CC3CCCCC3)cs2)ccn1. The standard InChI is InChI=1S/C28H38N4O2S/c1-3-23-14-21(11-12-29-23)27-31-25(19-35-27)28(2)15-22(26(33)30-16-24-10-7-13-34-24)18-32(28)17-20-8-5-4-6-9-20/h11-12,14-15,19-20,24H,3-10,13,16-18H2,1-2H3,(H,30,33). The van der Waals surface area contributed by atoms with E-state index in [0.29, 0.717) is 19.0 Å². The number of rotatable bonds is 8. The van der Waals surface area contributed by atoms with Gasteiger partial charge in [0.05, 0.1) is 17.3 Å². The van der Waals surface area contributed by atoms with Gasteiger partial charge in [-0.15, -0.1) is 11.3 Å². The highest BCUT2D eigenvalue weighted by Crippen LogP contribution is 2.40. The molecule has 6 nitrogen and oxygen atoms in total. The molecule has 188 valence electrons. The summed E-state index contributed by atoms with van der Waals surface area (Å²) in [5.74, 6) is 0.728. The van der Waals surface area contributed by atoms with E-state index in [9.17, 15) is 4.79 Å². The molecule has 0 radical (unpaired) electrons. The average Bonchev–Trinajstić information content (AvgIpc) is 3.65. The molecule has 1 N–H and O–H groups in total. The van der Waals surface area contributed by atoms with Crippen LogP contribution in [-0.4, -0.2) is 53.1 Å². The van der Waals surface area contributed by atoms with E-state index in [1.165, 1.54) is 32.1 Å². The summed E-state index contributed by atoms with van der Waals surface area (Å²) in [5, 5.41) is 6.33. The van der Waals surface area contributed by atoms with E-state index in [-0.39, 0.29) is 17.6 Å². The Morgan fingerprint density at radius 2 is 2.11 bits per heavy atom. The molecule has 3 aliphatic rings. The van der Waals surface area contributed by atoms with E-state index in [0.717, 1.165) is 59.9 Å². The number of amides is 1. The van der Waals surface area contributed by atoms with Crippen LogP contribution in [0, 0.1) is 5.92 Å². The summed E-state index contributed by atoms with van der Waals surface area (Å²) in [4.78, 5) is 25.2. The third-order valence-electron chi connectivity index (χ3n) is 7.93. The fraction of sp³-hybridized carbons (Fsp3) is 0.607. The van der Waals surface area contributed by atoms with Crippen LogP contribution in [0.2, 0.25) is 0 Å². The van der Waals surface area contributed by atoms with Crippen molar-refractivity contribution in [2.75, 3.05) is 26.2 Å². The largest absolute Gasteiger partial charge is 0.376 e. The molecule has 0 spiro atoms. The molecule has 5 rings (SSSR count). The van der Waals surface area contributed by atoms with Crippen LogP contribution in [0.5, 0.6) is 0 Å². The van der Waals surface area contributed by atoms with Gasteiger partial charge in [0.1, 0.15) is 5.01 Å². The van der Waals surface area contributed by atoms with Crippen molar-refractivity contribution < 1.29 is 9.53 Å². The van der Waals surface area contributed by atoms with E-state index < -0.39 is 0 Å². The van der Waals surface area contributed by atoms with Gasteiger partial charge in [0, 0.05) is 54.6 Å². The Kier molecular flexibility index (Phi) is 7.65. The number of ether oxygens (including phenoxy) is 1. The van der Waals surface area contributed by atoms with Crippen LogP contribution in [0.25, 0.3) is 10.6 Å². The summed E-state index contributed by atoms with van der Waals surface area (Å²) in [6.45, 7) is 7.44. The molecule has 1 saturated heterocycles. The van der Waals surface area contributed by atoms with Crippen LogP contribution in [0.1, 0.15) is 70.2 Å². The van der Waals surface area contributed by atoms with Crippen molar-refractivity contribution >= 4 is 17.2 Å². The molecule has 7 heteroatoms. The first-order valence-corrected chi connectivity index (χ1v) is 14.2. The number of pyridine rings is 1. The Labute approximate surface area is 213 Å². The van der Waals surface area contributed by atoms with Crippen molar-refractivity contribution in [2.24, 2.45) is 5.92 Å². The van der Waals surface area contributed by atoms with Crippen LogP contribution in [0.15, 0.2) is 35.4 Å². The number of carbonyl (C=O) groups is 1. The number of nitrogens with zero attached hydrogens (tertiary/aromatic N) is 3. The highest BCUT2D eigenvalue weighted by Gasteiger charge is 2.42. The lowest BCUT2D eigenvalue weighted by atomic mass is 9.87. The normalized spacial score (nSPS) is 25.7. The van der Waals surface area contributed by atoms with Crippen LogP contribution in [0.3, 0.4) is 0 Å². The van der Waals surface area contributed by atoms with Crippen molar-refractivity contribution in [3.05, 3.63) is 46.7 Å². The summed E-state index contributed by atoms with van der Waals surface area (Å²) >= 11 is 1.68. The number of nitrogens with one attached hydrogen (secondary N) is 1. The van der Waals surface area contributed by atoms with Gasteiger partial charge in [-0.25, -0.2) is 4.98 Å². The van der Waals surface area contributed by atoms with Gasteiger partial charge in [0.25, 0.3) is 0 Å². The van der Waals surface area contributed by atoms with Crippen molar-refractivity contribution in [1.29, 1.82) is 0 Å². The Morgan fingerprint density at radius 3 is 2.89 bits per heavy atom. The fourth-order valence-corrected chi connectivity index (χ4v) is 6.65. The molecule has 0 aromatic carbocycles. The molecule has 1 amide bonds. The van der Waals surface area contributed by atoms with Gasteiger partial charge in [-0.1, -0.05) is 26.2 Å². The minimum atomic E-state index is -0.386. The molecule has 2 unspecified atom stereocenters. The van der Waals surface area contributed by atoms with E-state index in [1.807, 2.05) is 12.3 Å². The van der Waals surface area contributed by atoms with Crippen LogP contribution in [-0.2, 0) is 21.5 Å². The second-order valence-corrected chi connectivity index (χ2v) is 11.3. The van der Waals surface area contributed by atoms with Crippen LogP contribution >= 0.6 is 11.3 Å². The van der Waals surface area contributed by atoms with Crippen LogP contribution in [0.4, 0.5) is 0 Å². The maximum absolute atomic E-state index is 13.2. The van der Waals surface area contributed by atoms with Gasteiger partial charge in [-0.3, -0.25) is 14.7 Å². The zero-order chi connectivity index (χ0) is 24.3. The number of aromatic nitrogens is 2. The van der Waals surface area contributed by atoms with Crippen molar-refractivity contribution in [2.45, 2.75) is 76.9 Å². The molecule has 2 atom stereocenters. The van der Waals surface area contributed by atoms with E-state index in [2.05, 4.69) is 46.6 Å². The maximum atomic E-state index is 13.2. The average molecular weight is 495 g/mol. The molecule has 1 aliphatic carbocycles. The quantitative estimate of drug-likeness (QED) is 0.553. The van der Waals surface area contributed by atoms with Gasteiger partial charge < -0.3 is 10.1 Å². The summed E-state index contributed by atoms with van der Waals surface area (Å²) < 4.78 is 5.70. The molecule has 1 saturated carbocycles. The van der Waals surface area contributed by atoms with E-state index in [4.69, 9.17) is 9.72 Å². The van der Waals surface area contributed by atoms with Gasteiger partial charge in [0.15, 0.2) is 0 Å². The minimum Gasteiger partial charge on any atom is -0.376 e. The Balaban J connectivity index is 1.38. The highest BCUT2D eigenvalue weighted by atomic mass is 32.1. The Morgan fingerprint density at radius 1 is 1.26 bits per heavy atom. The molecular weight excluding hydrogens is 456 g/mol. The van der Waals surface area contributed by atoms with E-state index in [1.54, 1.807) is 11.3 Å². The Bertz CT molecular complexity index is 1050. The van der Waals surface area contributed by atoms with Crippen molar-refractivity contribution in [3.63, 3.8) is 0 Å². The van der Waals surface area contributed by atoms with Gasteiger partial charge >= 0.3 is 0 Å². The molecule has 4 heterocycles. The molecule has 0 bridgehead atoms. The number of aryl methyl sites for hydroxylation is 1. The molecule has 2 aliphatic heterocycles.